The first-order chi connectivity index (χ1) is 12.6. The first-order valence-corrected chi connectivity index (χ1v) is 9.96. The maximum atomic E-state index is 12.7. The van der Waals surface area contributed by atoms with Crippen LogP contribution in [0.4, 0.5) is 5.13 Å². The highest BCUT2D eigenvalue weighted by Crippen LogP contribution is 2.30. The van der Waals surface area contributed by atoms with Crippen LogP contribution in [0.5, 0.6) is 0 Å². The Morgan fingerprint density at radius 3 is 2.50 bits per heavy atom. The summed E-state index contributed by atoms with van der Waals surface area (Å²) in [4.78, 5) is 21.7. The van der Waals surface area contributed by atoms with Crippen LogP contribution in [0.25, 0.3) is 10.2 Å². The highest BCUT2D eigenvalue weighted by molar-refractivity contribution is 7.22. The Bertz CT molecular complexity index is 924. The molecule has 1 aliphatic rings. The molecule has 0 aliphatic carbocycles. The van der Waals surface area contributed by atoms with Crippen molar-refractivity contribution in [1.82, 2.24) is 9.88 Å². The Labute approximate surface area is 158 Å². The number of fused-ring (bicyclic) bond motifs is 1. The van der Waals surface area contributed by atoms with Gasteiger partial charge in [0.15, 0.2) is 5.13 Å². The van der Waals surface area contributed by atoms with E-state index in [1.165, 1.54) is 15.8 Å². The molecule has 1 fully saturated rings. The average molecular weight is 366 g/mol. The second-order valence-electron chi connectivity index (χ2n) is 6.80. The number of benzene rings is 2. The number of carbonyl (C=O) groups is 1. The van der Waals surface area contributed by atoms with Crippen LogP contribution in [0.1, 0.15) is 28.4 Å². The summed E-state index contributed by atoms with van der Waals surface area (Å²) in [7, 11) is 0. The van der Waals surface area contributed by atoms with Gasteiger partial charge in [-0.15, -0.1) is 0 Å². The zero-order valence-corrected chi connectivity index (χ0v) is 16.1. The smallest absolute Gasteiger partial charge is 0.253 e. The van der Waals surface area contributed by atoms with Gasteiger partial charge in [-0.05, 0) is 43.2 Å². The number of rotatable bonds is 3. The number of hydrogen-bond donors (Lipinski definition) is 0. The summed E-state index contributed by atoms with van der Waals surface area (Å²) in [5.41, 5.74) is 4.37. The van der Waals surface area contributed by atoms with Crippen molar-refractivity contribution in [2.24, 2.45) is 0 Å². The minimum Gasteiger partial charge on any atom is -0.345 e. The lowest BCUT2D eigenvalue weighted by atomic mass is 10.1. The van der Waals surface area contributed by atoms with Crippen LogP contribution < -0.4 is 4.90 Å². The molecule has 4 nitrogen and oxygen atoms in total. The van der Waals surface area contributed by atoms with Crippen molar-refractivity contribution >= 4 is 32.6 Å². The molecule has 0 radical (unpaired) electrons. The van der Waals surface area contributed by atoms with Crippen molar-refractivity contribution in [2.75, 3.05) is 31.1 Å². The van der Waals surface area contributed by atoms with Crippen molar-refractivity contribution in [3.05, 3.63) is 59.2 Å². The van der Waals surface area contributed by atoms with E-state index in [2.05, 4.69) is 30.0 Å². The molecule has 0 saturated carbocycles. The fourth-order valence-corrected chi connectivity index (χ4v) is 4.37. The lowest BCUT2D eigenvalue weighted by Crippen LogP contribution is -2.48. The van der Waals surface area contributed by atoms with E-state index < -0.39 is 0 Å². The molecule has 26 heavy (non-hydrogen) atoms. The zero-order valence-electron chi connectivity index (χ0n) is 15.2. The van der Waals surface area contributed by atoms with Gasteiger partial charge >= 0.3 is 0 Å². The number of hydrogen-bond acceptors (Lipinski definition) is 4. The lowest BCUT2D eigenvalue weighted by molar-refractivity contribution is 0.0747. The highest BCUT2D eigenvalue weighted by Gasteiger charge is 2.23. The summed E-state index contributed by atoms with van der Waals surface area (Å²) in [6.07, 6.45) is 1.04. The summed E-state index contributed by atoms with van der Waals surface area (Å²) < 4.78 is 1.25. The average Bonchev–Trinajstić information content (AvgIpc) is 3.11. The number of aryl methyl sites for hydroxylation is 2. The fraction of sp³-hybridized carbons (Fsp3) is 0.333. The first-order valence-electron chi connectivity index (χ1n) is 9.14. The zero-order chi connectivity index (χ0) is 18.1. The highest BCUT2D eigenvalue weighted by atomic mass is 32.1. The normalized spacial score (nSPS) is 14.8. The maximum absolute atomic E-state index is 12.7. The molecule has 0 atom stereocenters. The van der Waals surface area contributed by atoms with E-state index in [0.717, 1.165) is 48.8 Å². The van der Waals surface area contributed by atoms with Gasteiger partial charge in [0.2, 0.25) is 0 Å². The van der Waals surface area contributed by atoms with Gasteiger partial charge in [-0.3, -0.25) is 4.79 Å². The summed E-state index contributed by atoms with van der Waals surface area (Å²) >= 11 is 1.75. The topological polar surface area (TPSA) is 36.4 Å². The molecule has 3 aromatic rings. The largest absolute Gasteiger partial charge is 0.345 e. The molecule has 2 aromatic carbocycles. The van der Waals surface area contributed by atoms with Gasteiger partial charge < -0.3 is 9.80 Å². The van der Waals surface area contributed by atoms with Crippen LogP contribution in [0.2, 0.25) is 0 Å². The molecule has 2 heterocycles. The molecule has 5 heteroatoms. The van der Waals surface area contributed by atoms with Crippen LogP contribution in [0, 0.1) is 6.92 Å². The fourth-order valence-electron chi connectivity index (χ4n) is 3.29. The Hall–Kier alpha value is -2.40. The molecule has 134 valence electrons. The molecule has 4 rings (SSSR count). The van der Waals surface area contributed by atoms with Gasteiger partial charge in [-0.25, -0.2) is 4.98 Å². The van der Waals surface area contributed by atoms with Gasteiger partial charge in [0.1, 0.15) is 0 Å². The second-order valence-corrected chi connectivity index (χ2v) is 7.81. The number of nitrogens with zero attached hydrogens (tertiary/aromatic N) is 3. The predicted octanol–water partition coefficient (Wildman–Crippen LogP) is 4.13. The Balaban J connectivity index is 1.44. The number of aromatic nitrogens is 1. The van der Waals surface area contributed by atoms with Crippen LogP contribution in [0.15, 0.2) is 42.5 Å². The minimum absolute atomic E-state index is 0.126. The maximum Gasteiger partial charge on any atom is 0.253 e. The molecule has 0 N–H and O–H groups in total. The third-order valence-corrected chi connectivity index (χ3v) is 6.06. The number of piperazine rings is 1. The van der Waals surface area contributed by atoms with Crippen molar-refractivity contribution in [2.45, 2.75) is 20.3 Å². The van der Waals surface area contributed by atoms with E-state index in [4.69, 9.17) is 4.98 Å². The van der Waals surface area contributed by atoms with E-state index in [0.29, 0.717) is 0 Å². The summed E-state index contributed by atoms with van der Waals surface area (Å²) in [5.74, 6) is 0.126. The van der Waals surface area contributed by atoms with Crippen molar-refractivity contribution in [3.63, 3.8) is 0 Å². The van der Waals surface area contributed by atoms with Crippen LogP contribution in [-0.4, -0.2) is 42.0 Å². The first kappa shape index (κ1) is 17.0. The van der Waals surface area contributed by atoms with Gasteiger partial charge in [0.25, 0.3) is 5.91 Å². The quantitative estimate of drug-likeness (QED) is 0.700. The third-order valence-electron chi connectivity index (χ3n) is 4.99. The van der Waals surface area contributed by atoms with Gasteiger partial charge in [0.05, 0.1) is 10.2 Å². The molecule has 1 aromatic heterocycles. The SMILES string of the molecule is CCc1ccc2nc(N3CCN(C(=O)c4ccc(C)cc4)CC3)sc2c1. The minimum atomic E-state index is 0.126. The van der Waals surface area contributed by atoms with Crippen LogP contribution in [0.3, 0.4) is 0 Å². The summed E-state index contributed by atoms with van der Waals surface area (Å²) in [6.45, 7) is 7.35. The molecule has 0 spiro atoms. The lowest BCUT2D eigenvalue weighted by Gasteiger charge is -2.34. The second kappa shape index (κ2) is 7.08. The third kappa shape index (κ3) is 3.31. The number of amides is 1. The predicted molar refractivity (Wildman–Crippen MR) is 108 cm³/mol. The molecule has 1 aliphatic heterocycles. The van der Waals surface area contributed by atoms with Crippen molar-refractivity contribution < 1.29 is 4.79 Å². The molecule has 0 bridgehead atoms. The van der Waals surface area contributed by atoms with Crippen molar-refractivity contribution in [3.8, 4) is 0 Å². The Morgan fingerprint density at radius 2 is 1.81 bits per heavy atom. The Kier molecular flexibility index (Phi) is 4.64. The summed E-state index contributed by atoms with van der Waals surface area (Å²) in [5, 5.41) is 1.07. The van der Waals surface area contributed by atoms with Crippen LogP contribution in [-0.2, 0) is 6.42 Å². The monoisotopic (exact) mass is 365 g/mol. The van der Waals surface area contributed by atoms with Crippen molar-refractivity contribution in [1.29, 1.82) is 0 Å². The van der Waals surface area contributed by atoms with Gasteiger partial charge in [0, 0.05) is 31.7 Å². The Morgan fingerprint density at radius 1 is 1.08 bits per heavy atom. The molecule has 1 amide bonds. The number of thiazole rings is 1. The van der Waals surface area contributed by atoms with E-state index in [-0.39, 0.29) is 5.91 Å². The molecule has 0 unspecified atom stereocenters. The van der Waals surface area contributed by atoms with E-state index >= 15 is 0 Å². The van der Waals surface area contributed by atoms with E-state index in [9.17, 15) is 4.79 Å². The number of anilines is 1. The standard InChI is InChI=1S/C21H23N3OS/c1-3-16-6-9-18-19(14-16)26-21(22-18)24-12-10-23(11-13-24)20(25)17-7-4-15(2)5-8-17/h4-9,14H,3,10-13H2,1-2H3. The van der Waals surface area contributed by atoms with Crippen LogP contribution >= 0.6 is 11.3 Å². The summed E-state index contributed by atoms with van der Waals surface area (Å²) in [6, 6.07) is 14.3. The van der Waals surface area contributed by atoms with E-state index in [1.807, 2.05) is 36.1 Å². The van der Waals surface area contributed by atoms with Gasteiger partial charge in [-0.2, -0.15) is 0 Å². The molecular weight excluding hydrogens is 342 g/mol. The molecule has 1 saturated heterocycles. The van der Waals surface area contributed by atoms with Gasteiger partial charge in [-0.1, -0.05) is 42.0 Å². The molecular formula is C21H23N3OS. The van der Waals surface area contributed by atoms with E-state index in [1.54, 1.807) is 11.3 Å². The number of carbonyl (C=O) groups excluding carboxylic acids is 1.